The predicted molar refractivity (Wildman–Crippen MR) is 66.1 cm³/mol. The lowest BCUT2D eigenvalue weighted by molar-refractivity contribution is 0.246. The fraction of sp³-hybridized carbons (Fsp3) is 0.600. The SMILES string of the molecule is CC[C@H]1Cc2ccccc2[C@H]1C(C)(C)C. The minimum absolute atomic E-state index is 0.396. The summed E-state index contributed by atoms with van der Waals surface area (Å²) in [6.07, 6.45) is 2.59. The molecule has 0 heterocycles. The van der Waals surface area contributed by atoms with Crippen molar-refractivity contribution >= 4 is 0 Å². The zero-order valence-corrected chi connectivity index (χ0v) is 10.4. The molecule has 15 heavy (non-hydrogen) atoms. The molecule has 0 spiro atoms. The average Bonchev–Trinajstić information content (AvgIpc) is 2.54. The highest BCUT2D eigenvalue weighted by molar-refractivity contribution is 5.37. The van der Waals surface area contributed by atoms with Crippen molar-refractivity contribution in [2.24, 2.45) is 11.3 Å². The van der Waals surface area contributed by atoms with E-state index in [-0.39, 0.29) is 0 Å². The highest BCUT2D eigenvalue weighted by Gasteiger charge is 2.38. The van der Waals surface area contributed by atoms with Crippen LogP contribution in [0.2, 0.25) is 0 Å². The molecule has 0 heteroatoms. The van der Waals surface area contributed by atoms with Gasteiger partial charge in [-0.1, -0.05) is 58.4 Å². The lowest BCUT2D eigenvalue weighted by atomic mass is 9.72. The van der Waals surface area contributed by atoms with Crippen molar-refractivity contribution in [3.63, 3.8) is 0 Å². The Hall–Kier alpha value is -0.780. The summed E-state index contributed by atoms with van der Waals surface area (Å²) in [5.74, 6) is 1.60. The molecule has 0 N–H and O–H groups in total. The third kappa shape index (κ3) is 1.82. The molecule has 1 aliphatic carbocycles. The van der Waals surface area contributed by atoms with Gasteiger partial charge in [0, 0.05) is 0 Å². The maximum absolute atomic E-state index is 2.38. The van der Waals surface area contributed by atoms with Gasteiger partial charge < -0.3 is 0 Å². The first kappa shape index (κ1) is 10.7. The maximum Gasteiger partial charge on any atom is -0.00791 e. The van der Waals surface area contributed by atoms with Gasteiger partial charge in [-0.3, -0.25) is 0 Å². The van der Waals surface area contributed by atoms with Crippen LogP contribution in [0, 0.1) is 11.3 Å². The van der Waals surface area contributed by atoms with E-state index in [0.717, 1.165) is 11.8 Å². The van der Waals surface area contributed by atoms with Crippen molar-refractivity contribution in [2.75, 3.05) is 0 Å². The Bertz CT molecular complexity index is 343. The Labute approximate surface area is 93.7 Å². The number of rotatable bonds is 1. The van der Waals surface area contributed by atoms with Crippen molar-refractivity contribution < 1.29 is 0 Å². The molecule has 0 aliphatic heterocycles. The smallest absolute Gasteiger partial charge is 0.00791 e. The summed E-state index contributed by atoms with van der Waals surface area (Å²) in [5.41, 5.74) is 3.59. The minimum Gasteiger partial charge on any atom is -0.0651 e. The Morgan fingerprint density at radius 3 is 2.47 bits per heavy atom. The molecule has 1 aromatic rings. The van der Waals surface area contributed by atoms with Crippen LogP contribution in [0.4, 0.5) is 0 Å². The fourth-order valence-electron chi connectivity index (χ4n) is 3.23. The standard InChI is InChI=1S/C15H22/c1-5-11-10-12-8-6-7-9-13(12)14(11)15(2,3)4/h6-9,11,14H,5,10H2,1-4H3/t11-,14-/m0/s1. The predicted octanol–water partition coefficient (Wildman–Crippen LogP) is 4.40. The van der Waals surface area contributed by atoms with E-state index in [4.69, 9.17) is 0 Å². The van der Waals surface area contributed by atoms with Crippen molar-refractivity contribution in [3.05, 3.63) is 35.4 Å². The van der Waals surface area contributed by atoms with E-state index in [1.54, 1.807) is 11.1 Å². The van der Waals surface area contributed by atoms with Gasteiger partial charge in [-0.25, -0.2) is 0 Å². The quantitative estimate of drug-likeness (QED) is 0.633. The van der Waals surface area contributed by atoms with Crippen molar-refractivity contribution in [1.82, 2.24) is 0 Å². The lowest BCUT2D eigenvalue weighted by Gasteiger charge is -2.32. The Morgan fingerprint density at radius 2 is 1.87 bits per heavy atom. The van der Waals surface area contributed by atoms with Gasteiger partial charge in [0.25, 0.3) is 0 Å². The number of hydrogen-bond donors (Lipinski definition) is 0. The fourth-order valence-corrected chi connectivity index (χ4v) is 3.23. The molecule has 0 saturated carbocycles. The molecular weight excluding hydrogens is 180 g/mol. The molecule has 82 valence electrons. The summed E-state index contributed by atoms with van der Waals surface area (Å²) < 4.78 is 0. The summed E-state index contributed by atoms with van der Waals surface area (Å²) in [6.45, 7) is 9.46. The average molecular weight is 202 g/mol. The molecule has 1 aromatic carbocycles. The highest BCUT2D eigenvalue weighted by Crippen LogP contribution is 2.49. The second-order valence-corrected chi connectivity index (χ2v) is 5.91. The molecule has 0 aromatic heterocycles. The van der Waals surface area contributed by atoms with Crippen LogP contribution in [-0.2, 0) is 6.42 Å². The summed E-state index contributed by atoms with van der Waals surface area (Å²) in [6, 6.07) is 9.01. The normalized spacial score (nSPS) is 25.3. The summed E-state index contributed by atoms with van der Waals surface area (Å²) in [5, 5.41) is 0. The molecule has 0 amide bonds. The first-order chi connectivity index (χ1) is 7.04. The van der Waals surface area contributed by atoms with Crippen LogP contribution in [0.25, 0.3) is 0 Å². The molecule has 0 nitrogen and oxygen atoms in total. The van der Waals surface area contributed by atoms with Crippen LogP contribution in [0.1, 0.15) is 51.2 Å². The van der Waals surface area contributed by atoms with Crippen LogP contribution in [0.15, 0.2) is 24.3 Å². The van der Waals surface area contributed by atoms with Gasteiger partial charge in [0.05, 0.1) is 0 Å². The van der Waals surface area contributed by atoms with Crippen LogP contribution in [-0.4, -0.2) is 0 Å². The summed E-state index contributed by atoms with van der Waals surface area (Å²) in [4.78, 5) is 0. The maximum atomic E-state index is 2.38. The lowest BCUT2D eigenvalue weighted by Crippen LogP contribution is -2.22. The van der Waals surface area contributed by atoms with Gasteiger partial charge in [-0.15, -0.1) is 0 Å². The van der Waals surface area contributed by atoms with Crippen LogP contribution in [0.5, 0.6) is 0 Å². The summed E-state index contributed by atoms with van der Waals surface area (Å²) >= 11 is 0. The van der Waals surface area contributed by atoms with Gasteiger partial charge in [0.15, 0.2) is 0 Å². The van der Waals surface area contributed by atoms with Crippen LogP contribution in [0.3, 0.4) is 0 Å². The topological polar surface area (TPSA) is 0 Å². The Kier molecular flexibility index (Phi) is 2.62. The van der Waals surface area contributed by atoms with Gasteiger partial charge in [0.1, 0.15) is 0 Å². The third-order valence-electron chi connectivity index (χ3n) is 3.80. The Balaban J connectivity index is 2.43. The van der Waals surface area contributed by atoms with Crippen LogP contribution >= 0.6 is 0 Å². The van der Waals surface area contributed by atoms with E-state index < -0.39 is 0 Å². The monoisotopic (exact) mass is 202 g/mol. The van der Waals surface area contributed by atoms with E-state index in [1.165, 1.54) is 12.8 Å². The third-order valence-corrected chi connectivity index (χ3v) is 3.80. The van der Waals surface area contributed by atoms with Gasteiger partial charge >= 0.3 is 0 Å². The van der Waals surface area contributed by atoms with E-state index in [9.17, 15) is 0 Å². The highest BCUT2D eigenvalue weighted by atomic mass is 14.4. The van der Waals surface area contributed by atoms with Crippen molar-refractivity contribution in [1.29, 1.82) is 0 Å². The number of hydrogen-bond acceptors (Lipinski definition) is 0. The zero-order chi connectivity index (χ0) is 11.1. The first-order valence-electron chi connectivity index (χ1n) is 6.12. The first-order valence-corrected chi connectivity index (χ1v) is 6.12. The second kappa shape index (κ2) is 3.66. The zero-order valence-electron chi connectivity index (χ0n) is 10.4. The molecule has 2 atom stereocenters. The molecule has 0 saturated heterocycles. The van der Waals surface area contributed by atoms with Gasteiger partial charge in [-0.2, -0.15) is 0 Å². The van der Waals surface area contributed by atoms with E-state index in [1.807, 2.05) is 0 Å². The molecule has 1 aliphatic rings. The molecule has 0 radical (unpaired) electrons. The minimum atomic E-state index is 0.396. The van der Waals surface area contributed by atoms with Crippen molar-refractivity contribution in [3.8, 4) is 0 Å². The molecule has 0 unspecified atom stereocenters. The van der Waals surface area contributed by atoms with Gasteiger partial charge in [-0.05, 0) is 34.8 Å². The molecular formula is C15H22. The van der Waals surface area contributed by atoms with E-state index in [2.05, 4.69) is 52.0 Å². The van der Waals surface area contributed by atoms with Crippen molar-refractivity contribution in [2.45, 2.75) is 46.5 Å². The largest absolute Gasteiger partial charge is 0.0651 e. The van der Waals surface area contributed by atoms with E-state index in [0.29, 0.717) is 5.41 Å². The van der Waals surface area contributed by atoms with E-state index >= 15 is 0 Å². The molecule has 0 bridgehead atoms. The van der Waals surface area contributed by atoms with Crippen LogP contribution < -0.4 is 0 Å². The number of fused-ring (bicyclic) bond motifs is 1. The Morgan fingerprint density at radius 1 is 1.20 bits per heavy atom. The summed E-state index contributed by atoms with van der Waals surface area (Å²) in [7, 11) is 0. The second-order valence-electron chi connectivity index (χ2n) is 5.91. The number of benzene rings is 1. The molecule has 2 rings (SSSR count). The molecule has 0 fully saturated rings. The van der Waals surface area contributed by atoms with Gasteiger partial charge in [0.2, 0.25) is 0 Å².